The summed E-state index contributed by atoms with van der Waals surface area (Å²) in [6.07, 6.45) is 1.40. The number of hydrogen-bond acceptors (Lipinski definition) is 5. The molecule has 0 spiro atoms. The first kappa shape index (κ1) is 16.5. The van der Waals surface area contributed by atoms with Gasteiger partial charge < -0.3 is 9.51 Å². The van der Waals surface area contributed by atoms with E-state index in [-0.39, 0.29) is 22.8 Å². The largest absolute Gasteiger partial charge is 0.333 e. The van der Waals surface area contributed by atoms with Crippen molar-refractivity contribution in [3.8, 4) is 34.2 Å². The summed E-state index contributed by atoms with van der Waals surface area (Å²) in [5.41, 5.74) is 1.10. The molecule has 26 heavy (non-hydrogen) atoms. The highest BCUT2D eigenvalue weighted by Crippen LogP contribution is 2.32. The van der Waals surface area contributed by atoms with E-state index in [1.165, 1.54) is 6.20 Å². The van der Waals surface area contributed by atoms with Crippen molar-refractivity contribution in [3.05, 3.63) is 75.1 Å². The van der Waals surface area contributed by atoms with E-state index >= 15 is 0 Å². The van der Waals surface area contributed by atoms with Gasteiger partial charge in [0.1, 0.15) is 11.4 Å². The summed E-state index contributed by atoms with van der Waals surface area (Å²) in [5.74, 6) is 0.736. The molecule has 0 aliphatic heterocycles. The van der Waals surface area contributed by atoms with Crippen LogP contribution in [0.3, 0.4) is 0 Å². The van der Waals surface area contributed by atoms with E-state index in [4.69, 9.17) is 27.7 Å². The number of rotatable bonds is 3. The Morgan fingerprint density at radius 2 is 1.77 bits per heavy atom. The fourth-order valence-electron chi connectivity index (χ4n) is 2.41. The van der Waals surface area contributed by atoms with E-state index in [1.54, 1.807) is 18.2 Å². The zero-order valence-electron chi connectivity index (χ0n) is 13.1. The summed E-state index contributed by atoms with van der Waals surface area (Å²) < 4.78 is 5.20. The van der Waals surface area contributed by atoms with Gasteiger partial charge in [-0.25, -0.2) is 4.98 Å². The molecule has 6 nitrogen and oxygen atoms in total. The first-order chi connectivity index (χ1) is 12.6. The summed E-state index contributed by atoms with van der Waals surface area (Å²) in [5, 5.41) is 4.57. The molecule has 2 aromatic carbocycles. The third kappa shape index (κ3) is 3.00. The average molecular weight is 385 g/mol. The molecule has 0 atom stereocenters. The van der Waals surface area contributed by atoms with Gasteiger partial charge in [0.15, 0.2) is 0 Å². The molecule has 0 bridgehead atoms. The molecule has 0 saturated carbocycles. The Balaban J connectivity index is 1.72. The lowest BCUT2D eigenvalue weighted by atomic mass is 10.2. The quantitative estimate of drug-likeness (QED) is 0.563. The Morgan fingerprint density at radius 1 is 0.962 bits per heavy atom. The van der Waals surface area contributed by atoms with Crippen LogP contribution in [0.25, 0.3) is 34.2 Å². The Morgan fingerprint density at radius 3 is 2.54 bits per heavy atom. The van der Waals surface area contributed by atoms with Crippen molar-refractivity contribution in [1.82, 2.24) is 20.1 Å². The van der Waals surface area contributed by atoms with Gasteiger partial charge in [-0.05, 0) is 12.1 Å². The molecule has 2 heterocycles. The average Bonchev–Trinajstić information content (AvgIpc) is 3.14. The van der Waals surface area contributed by atoms with E-state index in [9.17, 15) is 4.79 Å². The maximum Gasteiger partial charge on any atom is 0.265 e. The zero-order chi connectivity index (χ0) is 18.1. The standard InChI is InChI=1S/C18H10Cl2N4O2/c19-13-8-4-7-11(14(13)20)16-23-18(26-24-16)12-9-21-15(22-17(12)25)10-5-2-1-3-6-10/h1-9H,(H,21,22,25). The fourth-order valence-corrected chi connectivity index (χ4v) is 2.79. The molecule has 0 aliphatic rings. The number of aromatic amines is 1. The smallest absolute Gasteiger partial charge is 0.265 e. The van der Waals surface area contributed by atoms with Gasteiger partial charge in [-0.1, -0.05) is 64.8 Å². The van der Waals surface area contributed by atoms with E-state index in [1.807, 2.05) is 30.3 Å². The van der Waals surface area contributed by atoms with Crippen LogP contribution < -0.4 is 5.56 Å². The molecule has 8 heteroatoms. The van der Waals surface area contributed by atoms with Crippen molar-refractivity contribution in [2.45, 2.75) is 0 Å². The first-order valence-electron chi connectivity index (χ1n) is 7.56. The van der Waals surface area contributed by atoms with Crippen LogP contribution in [0.15, 0.2) is 64.0 Å². The van der Waals surface area contributed by atoms with Crippen molar-refractivity contribution in [1.29, 1.82) is 0 Å². The summed E-state index contributed by atoms with van der Waals surface area (Å²) in [6.45, 7) is 0. The normalized spacial score (nSPS) is 10.8. The summed E-state index contributed by atoms with van der Waals surface area (Å²) in [4.78, 5) is 23.6. The van der Waals surface area contributed by atoms with E-state index in [2.05, 4.69) is 20.1 Å². The van der Waals surface area contributed by atoms with Gasteiger partial charge in [-0.3, -0.25) is 4.79 Å². The lowest BCUT2D eigenvalue weighted by Gasteiger charge is -2.01. The third-order valence-corrected chi connectivity index (χ3v) is 4.51. The summed E-state index contributed by atoms with van der Waals surface area (Å²) in [6, 6.07) is 14.4. The minimum absolute atomic E-state index is 0.0457. The molecule has 0 saturated heterocycles. The van der Waals surface area contributed by atoms with Gasteiger partial charge >= 0.3 is 0 Å². The SMILES string of the molecule is O=c1[nH]c(-c2ccccc2)ncc1-c1nc(-c2cccc(Cl)c2Cl)no1. The van der Waals surface area contributed by atoms with Crippen LogP contribution in [-0.4, -0.2) is 20.1 Å². The Bertz CT molecular complexity index is 1140. The molecule has 0 amide bonds. The van der Waals surface area contributed by atoms with Crippen LogP contribution in [0.4, 0.5) is 0 Å². The van der Waals surface area contributed by atoms with Crippen molar-refractivity contribution in [2.75, 3.05) is 0 Å². The lowest BCUT2D eigenvalue weighted by molar-refractivity contribution is 0.431. The molecule has 2 aromatic heterocycles. The van der Waals surface area contributed by atoms with Crippen molar-refractivity contribution in [2.24, 2.45) is 0 Å². The van der Waals surface area contributed by atoms with Gasteiger partial charge in [0, 0.05) is 17.3 Å². The zero-order valence-corrected chi connectivity index (χ0v) is 14.6. The molecule has 128 valence electrons. The highest BCUT2D eigenvalue weighted by atomic mass is 35.5. The van der Waals surface area contributed by atoms with Gasteiger partial charge in [0.25, 0.3) is 11.4 Å². The second-order valence-electron chi connectivity index (χ2n) is 5.37. The van der Waals surface area contributed by atoms with E-state index in [0.29, 0.717) is 21.4 Å². The fraction of sp³-hybridized carbons (Fsp3) is 0. The Labute approximate surface area is 157 Å². The van der Waals surface area contributed by atoms with Crippen LogP contribution in [0, 0.1) is 0 Å². The second-order valence-corrected chi connectivity index (χ2v) is 6.15. The predicted octanol–water partition coefficient (Wildman–Crippen LogP) is 4.46. The molecule has 4 aromatic rings. The number of halogens is 2. The molecule has 1 N–H and O–H groups in total. The predicted molar refractivity (Wildman–Crippen MR) is 99.0 cm³/mol. The van der Waals surface area contributed by atoms with Crippen molar-refractivity contribution >= 4 is 23.2 Å². The van der Waals surface area contributed by atoms with Gasteiger partial charge in [-0.15, -0.1) is 0 Å². The van der Waals surface area contributed by atoms with Crippen LogP contribution in [0.5, 0.6) is 0 Å². The maximum absolute atomic E-state index is 12.4. The monoisotopic (exact) mass is 384 g/mol. The number of benzene rings is 2. The van der Waals surface area contributed by atoms with E-state index in [0.717, 1.165) is 5.56 Å². The number of H-pyrrole nitrogens is 1. The molecule has 0 unspecified atom stereocenters. The van der Waals surface area contributed by atoms with Gasteiger partial charge in [-0.2, -0.15) is 4.98 Å². The van der Waals surface area contributed by atoms with E-state index < -0.39 is 0 Å². The van der Waals surface area contributed by atoms with Gasteiger partial charge in [0.2, 0.25) is 5.82 Å². The first-order valence-corrected chi connectivity index (χ1v) is 8.32. The third-order valence-electron chi connectivity index (χ3n) is 3.70. The molecular formula is C18H10Cl2N4O2. The lowest BCUT2D eigenvalue weighted by Crippen LogP contribution is -2.11. The molecule has 4 rings (SSSR count). The van der Waals surface area contributed by atoms with Crippen LogP contribution in [-0.2, 0) is 0 Å². The molecule has 0 aliphatic carbocycles. The topological polar surface area (TPSA) is 84.7 Å². The number of aromatic nitrogens is 4. The molecule has 0 radical (unpaired) electrons. The van der Waals surface area contributed by atoms with Crippen LogP contribution >= 0.6 is 23.2 Å². The van der Waals surface area contributed by atoms with Crippen molar-refractivity contribution < 1.29 is 4.52 Å². The highest BCUT2D eigenvalue weighted by molar-refractivity contribution is 6.43. The van der Waals surface area contributed by atoms with Crippen LogP contribution in [0.2, 0.25) is 10.0 Å². The minimum Gasteiger partial charge on any atom is -0.333 e. The van der Waals surface area contributed by atoms with Crippen LogP contribution in [0.1, 0.15) is 0 Å². The Hall–Kier alpha value is -2.96. The second kappa shape index (κ2) is 6.74. The number of hydrogen-bond donors (Lipinski definition) is 1. The van der Waals surface area contributed by atoms with Crippen molar-refractivity contribution in [3.63, 3.8) is 0 Å². The number of nitrogens with one attached hydrogen (secondary N) is 1. The number of nitrogens with zero attached hydrogens (tertiary/aromatic N) is 3. The molecular weight excluding hydrogens is 375 g/mol. The minimum atomic E-state index is -0.383. The maximum atomic E-state index is 12.4. The highest BCUT2D eigenvalue weighted by Gasteiger charge is 2.17. The Kier molecular flexibility index (Phi) is 4.28. The molecule has 0 fully saturated rings. The summed E-state index contributed by atoms with van der Waals surface area (Å²) >= 11 is 12.2. The van der Waals surface area contributed by atoms with Gasteiger partial charge in [0.05, 0.1) is 10.0 Å². The summed E-state index contributed by atoms with van der Waals surface area (Å²) in [7, 11) is 0.